The number of nitro benzene ring substituents is 1. The summed E-state index contributed by atoms with van der Waals surface area (Å²) >= 11 is 6.12. The summed E-state index contributed by atoms with van der Waals surface area (Å²) in [5.41, 5.74) is 3.05. The second kappa shape index (κ2) is 8.26. The lowest BCUT2D eigenvalue weighted by atomic mass is 10.2. The van der Waals surface area contributed by atoms with E-state index in [0.717, 1.165) is 37.3 Å². The van der Waals surface area contributed by atoms with Gasteiger partial charge in [-0.15, -0.1) is 0 Å². The quantitative estimate of drug-likeness (QED) is 0.571. The fourth-order valence-electron chi connectivity index (χ4n) is 3.16. The molecule has 1 fully saturated rings. The summed E-state index contributed by atoms with van der Waals surface area (Å²) in [4.78, 5) is 24.9. The van der Waals surface area contributed by atoms with Crippen molar-refractivity contribution in [1.82, 2.24) is 0 Å². The van der Waals surface area contributed by atoms with E-state index in [0.29, 0.717) is 16.3 Å². The second-order valence-electron chi connectivity index (χ2n) is 6.51. The summed E-state index contributed by atoms with van der Waals surface area (Å²) < 4.78 is 0. The Hall–Kier alpha value is -2.80. The van der Waals surface area contributed by atoms with Crippen molar-refractivity contribution in [2.45, 2.75) is 19.8 Å². The molecule has 2 aromatic rings. The molecule has 0 unspecified atom stereocenters. The van der Waals surface area contributed by atoms with E-state index in [2.05, 4.69) is 15.5 Å². The highest BCUT2D eigenvalue weighted by atomic mass is 35.5. The van der Waals surface area contributed by atoms with Crippen molar-refractivity contribution in [3.63, 3.8) is 0 Å². The van der Waals surface area contributed by atoms with Gasteiger partial charge >= 0.3 is 0 Å². The van der Waals surface area contributed by atoms with Crippen LogP contribution in [0, 0.1) is 17.0 Å². The summed E-state index contributed by atoms with van der Waals surface area (Å²) in [5.74, 6) is -0.237. The van der Waals surface area contributed by atoms with Gasteiger partial charge < -0.3 is 15.5 Å². The molecule has 2 N–H and O–H groups in total. The zero-order valence-corrected chi connectivity index (χ0v) is 15.8. The number of nitro groups is 1. The summed E-state index contributed by atoms with van der Waals surface area (Å²) in [7, 11) is 0. The third kappa shape index (κ3) is 4.68. The lowest BCUT2D eigenvalue weighted by molar-refractivity contribution is -0.384. The van der Waals surface area contributed by atoms with Crippen molar-refractivity contribution >= 4 is 40.3 Å². The lowest BCUT2D eigenvalue weighted by Gasteiger charge is -2.22. The first-order chi connectivity index (χ1) is 12.9. The highest BCUT2D eigenvalue weighted by Crippen LogP contribution is 2.31. The van der Waals surface area contributed by atoms with E-state index >= 15 is 0 Å². The molecule has 0 spiro atoms. The predicted octanol–water partition coefficient (Wildman–Crippen LogP) is 4.21. The summed E-state index contributed by atoms with van der Waals surface area (Å²) in [6.07, 6.45) is 2.31. The van der Waals surface area contributed by atoms with E-state index in [1.54, 1.807) is 13.0 Å². The number of carbonyl (C=O) groups is 1. The number of non-ortho nitro benzene ring substituents is 1. The van der Waals surface area contributed by atoms with Gasteiger partial charge in [0, 0.05) is 35.9 Å². The van der Waals surface area contributed by atoms with Gasteiger partial charge in [-0.05, 0) is 49.6 Å². The van der Waals surface area contributed by atoms with Gasteiger partial charge in [-0.3, -0.25) is 14.9 Å². The van der Waals surface area contributed by atoms with Crippen LogP contribution in [0.1, 0.15) is 18.4 Å². The van der Waals surface area contributed by atoms with Gasteiger partial charge in [-0.25, -0.2) is 0 Å². The summed E-state index contributed by atoms with van der Waals surface area (Å²) in [5, 5.41) is 17.3. The number of aryl methyl sites for hydroxylation is 1. The smallest absolute Gasteiger partial charge is 0.269 e. The first-order valence-corrected chi connectivity index (χ1v) is 9.15. The highest BCUT2D eigenvalue weighted by Gasteiger charge is 2.17. The number of anilines is 3. The molecular formula is C19H21ClN4O3. The van der Waals surface area contributed by atoms with Gasteiger partial charge in [0.2, 0.25) is 5.91 Å². The fourth-order valence-corrected chi connectivity index (χ4v) is 3.33. The van der Waals surface area contributed by atoms with Crippen LogP contribution in [0.3, 0.4) is 0 Å². The zero-order chi connectivity index (χ0) is 19.4. The van der Waals surface area contributed by atoms with Crippen LogP contribution in [0.2, 0.25) is 5.02 Å². The molecule has 8 heteroatoms. The Balaban J connectivity index is 1.66. The number of nitrogens with one attached hydrogen (secondary N) is 2. The molecule has 1 aliphatic heterocycles. The molecule has 0 radical (unpaired) electrons. The van der Waals surface area contributed by atoms with Crippen LogP contribution < -0.4 is 15.5 Å². The maximum atomic E-state index is 12.3. The van der Waals surface area contributed by atoms with Gasteiger partial charge in [-0.1, -0.05) is 11.6 Å². The largest absolute Gasteiger partial charge is 0.374 e. The van der Waals surface area contributed by atoms with E-state index in [9.17, 15) is 14.9 Å². The first kappa shape index (κ1) is 19.0. The van der Waals surface area contributed by atoms with Gasteiger partial charge in [0.05, 0.1) is 22.8 Å². The Morgan fingerprint density at radius 2 is 1.93 bits per heavy atom. The van der Waals surface area contributed by atoms with Crippen LogP contribution in [0.25, 0.3) is 0 Å². The summed E-state index contributed by atoms with van der Waals surface area (Å²) in [6, 6.07) is 9.99. The molecule has 3 rings (SSSR count). The number of nitrogens with zero attached hydrogens (tertiary/aromatic N) is 2. The number of amides is 1. The molecule has 142 valence electrons. The van der Waals surface area contributed by atoms with Crippen LogP contribution in [0.5, 0.6) is 0 Å². The van der Waals surface area contributed by atoms with E-state index in [1.807, 2.05) is 18.2 Å². The average molecular weight is 389 g/mol. The molecule has 0 aromatic heterocycles. The standard InChI is InChI=1S/C19H21ClN4O3/c1-13-10-15(24(26)27)5-6-16(13)22-19(25)12-21-17-11-14(20)4-7-18(17)23-8-2-3-9-23/h4-7,10-11,21H,2-3,8-9,12H2,1H3,(H,22,25). The molecule has 1 amide bonds. The van der Waals surface area contributed by atoms with Crippen LogP contribution in [-0.2, 0) is 4.79 Å². The Morgan fingerprint density at radius 1 is 1.19 bits per heavy atom. The van der Waals surface area contributed by atoms with Gasteiger partial charge in [-0.2, -0.15) is 0 Å². The lowest BCUT2D eigenvalue weighted by Crippen LogP contribution is -2.24. The zero-order valence-electron chi connectivity index (χ0n) is 15.0. The van der Waals surface area contributed by atoms with Crippen molar-refractivity contribution in [3.05, 3.63) is 57.1 Å². The first-order valence-electron chi connectivity index (χ1n) is 8.77. The minimum absolute atomic E-state index is 0.00203. The van der Waals surface area contributed by atoms with Crippen LogP contribution in [0.4, 0.5) is 22.7 Å². The number of benzene rings is 2. The van der Waals surface area contributed by atoms with Crippen molar-refractivity contribution in [2.75, 3.05) is 35.2 Å². The Kier molecular flexibility index (Phi) is 5.81. The van der Waals surface area contributed by atoms with Crippen molar-refractivity contribution in [3.8, 4) is 0 Å². The molecule has 1 aliphatic rings. The molecule has 27 heavy (non-hydrogen) atoms. The van der Waals surface area contributed by atoms with E-state index in [4.69, 9.17) is 11.6 Å². The van der Waals surface area contributed by atoms with Crippen LogP contribution >= 0.6 is 11.6 Å². The Labute approximate surface area is 162 Å². The minimum atomic E-state index is -0.459. The van der Waals surface area contributed by atoms with Gasteiger partial charge in [0.1, 0.15) is 0 Å². The summed E-state index contributed by atoms with van der Waals surface area (Å²) in [6.45, 7) is 3.77. The van der Waals surface area contributed by atoms with E-state index < -0.39 is 4.92 Å². The normalized spacial score (nSPS) is 13.5. The SMILES string of the molecule is Cc1cc([N+](=O)[O-])ccc1NC(=O)CNc1cc(Cl)ccc1N1CCCC1. The Morgan fingerprint density at radius 3 is 2.59 bits per heavy atom. The third-order valence-electron chi connectivity index (χ3n) is 4.54. The topological polar surface area (TPSA) is 87.5 Å². The number of hydrogen-bond donors (Lipinski definition) is 2. The molecule has 1 heterocycles. The van der Waals surface area contributed by atoms with E-state index in [1.165, 1.54) is 12.1 Å². The number of rotatable bonds is 6. The van der Waals surface area contributed by atoms with Gasteiger partial charge in [0.15, 0.2) is 0 Å². The molecular weight excluding hydrogens is 368 g/mol. The highest BCUT2D eigenvalue weighted by molar-refractivity contribution is 6.31. The van der Waals surface area contributed by atoms with Crippen LogP contribution in [0.15, 0.2) is 36.4 Å². The monoisotopic (exact) mass is 388 g/mol. The van der Waals surface area contributed by atoms with E-state index in [-0.39, 0.29) is 18.1 Å². The molecule has 0 saturated carbocycles. The molecule has 1 saturated heterocycles. The molecule has 2 aromatic carbocycles. The van der Waals surface area contributed by atoms with Crippen molar-refractivity contribution < 1.29 is 9.72 Å². The van der Waals surface area contributed by atoms with Crippen LogP contribution in [-0.4, -0.2) is 30.5 Å². The van der Waals surface area contributed by atoms with Crippen molar-refractivity contribution in [1.29, 1.82) is 0 Å². The van der Waals surface area contributed by atoms with Crippen molar-refractivity contribution in [2.24, 2.45) is 0 Å². The molecule has 0 aliphatic carbocycles. The maximum absolute atomic E-state index is 12.3. The number of carbonyl (C=O) groups excluding carboxylic acids is 1. The fraction of sp³-hybridized carbons (Fsp3) is 0.316. The molecule has 0 atom stereocenters. The predicted molar refractivity (Wildman–Crippen MR) is 108 cm³/mol. The minimum Gasteiger partial charge on any atom is -0.374 e. The number of halogens is 1. The molecule has 0 bridgehead atoms. The molecule has 7 nitrogen and oxygen atoms in total. The maximum Gasteiger partial charge on any atom is 0.269 e. The number of hydrogen-bond acceptors (Lipinski definition) is 5. The average Bonchev–Trinajstić information content (AvgIpc) is 3.16. The second-order valence-corrected chi connectivity index (χ2v) is 6.95. The third-order valence-corrected chi connectivity index (χ3v) is 4.77. The Bertz CT molecular complexity index is 866. The van der Waals surface area contributed by atoms with Gasteiger partial charge in [0.25, 0.3) is 5.69 Å².